The second-order valence-corrected chi connectivity index (χ2v) is 3.30. The van der Waals surface area contributed by atoms with E-state index in [1.54, 1.807) is 11.3 Å². The maximum Gasteiger partial charge on any atom is 0.0794 e. The molecule has 1 unspecified atom stereocenters. The van der Waals surface area contributed by atoms with Crippen LogP contribution in [-0.2, 0) is 0 Å². The van der Waals surface area contributed by atoms with Gasteiger partial charge >= 0.3 is 0 Å². The minimum Gasteiger partial charge on any atom is -0.330 e. The van der Waals surface area contributed by atoms with Gasteiger partial charge in [0.05, 0.1) is 5.51 Å². The summed E-state index contributed by atoms with van der Waals surface area (Å²) < 4.78 is 0. The topological polar surface area (TPSA) is 38.9 Å². The Morgan fingerprint density at radius 1 is 1.80 bits per heavy atom. The van der Waals surface area contributed by atoms with E-state index in [0.717, 1.165) is 13.0 Å². The van der Waals surface area contributed by atoms with Crippen LogP contribution in [0.5, 0.6) is 0 Å². The van der Waals surface area contributed by atoms with E-state index in [9.17, 15) is 0 Å². The van der Waals surface area contributed by atoms with Crippen molar-refractivity contribution in [3.8, 4) is 0 Å². The maximum absolute atomic E-state index is 5.42. The van der Waals surface area contributed by atoms with Crippen molar-refractivity contribution in [1.82, 2.24) is 4.98 Å². The zero-order chi connectivity index (χ0) is 7.40. The molecule has 2 N–H and O–H groups in total. The molecular weight excluding hydrogens is 144 g/mol. The average Bonchev–Trinajstić information content (AvgIpc) is 2.38. The third kappa shape index (κ3) is 1.78. The summed E-state index contributed by atoms with van der Waals surface area (Å²) in [5.41, 5.74) is 7.28. The molecule has 0 radical (unpaired) electrons. The molecule has 0 saturated heterocycles. The molecule has 10 heavy (non-hydrogen) atoms. The van der Waals surface area contributed by atoms with Gasteiger partial charge in [-0.1, -0.05) is 6.92 Å². The van der Waals surface area contributed by atoms with Crippen LogP contribution in [0.1, 0.15) is 24.1 Å². The van der Waals surface area contributed by atoms with Gasteiger partial charge in [-0.15, -0.1) is 11.3 Å². The molecule has 0 aromatic carbocycles. The molecule has 1 aromatic rings. The average molecular weight is 156 g/mol. The van der Waals surface area contributed by atoms with Crippen LogP contribution >= 0.6 is 11.3 Å². The highest BCUT2D eigenvalue weighted by atomic mass is 32.1. The molecule has 1 aromatic heterocycles. The van der Waals surface area contributed by atoms with E-state index < -0.39 is 0 Å². The highest BCUT2D eigenvalue weighted by Crippen LogP contribution is 2.20. The summed E-state index contributed by atoms with van der Waals surface area (Å²) in [5.74, 6) is 0.581. The van der Waals surface area contributed by atoms with Gasteiger partial charge in [-0.3, -0.25) is 4.98 Å². The number of nitrogens with two attached hydrogens (primary N) is 1. The number of rotatable bonds is 3. The van der Waals surface area contributed by atoms with Crippen molar-refractivity contribution in [1.29, 1.82) is 0 Å². The number of thiazole rings is 1. The Balaban J connectivity index is 2.50. The normalized spacial score (nSPS) is 13.4. The molecule has 0 fully saturated rings. The van der Waals surface area contributed by atoms with Crippen LogP contribution in [-0.4, -0.2) is 11.5 Å². The fourth-order valence-electron chi connectivity index (χ4n) is 0.861. The zero-order valence-electron chi connectivity index (χ0n) is 6.08. The lowest BCUT2D eigenvalue weighted by Gasteiger charge is -2.04. The molecule has 0 aliphatic heterocycles. The lowest BCUT2D eigenvalue weighted by molar-refractivity contribution is 0.700. The van der Waals surface area contributed by atoms with Crippen molar-refractivity contribution in [2.75, 3.05) is 6.54 Å². The van der Waals surface area contributed by atoms with E-state index in [1.807, 2.05) is 11.7 Å². The van der Waals surface area contributed by atoms with Gasteiger partial charge in [0.2, 0.25) is 0 Å². The van der Waals surface area contributed by atoms with Crippen molar-refractivity contribution in [3.05, 3.63) is 16.6 Å². The smallest absolute Gasteiger partial charge is 0.0794 e. The van der Waals surface area contributed by atoms with Crippen LogP contribution in [0.3, 0.4) is 0 Å². The van der Waals surface area contributed by atoms with E-state index in [1.165, 1.54) is 4.88 Å². The Bertz CT molecular complexity index is 172. The summed E-state index contributed by atoms with van der Waals surface area (Å²) in [6.07, 6.45) is 2.98. The largest absolute Gasteiger partial charge is 0.330 e. The number of hydrogen-bond donors (Lipinski definition) is 1. The first-order valence-corrected chi connectivity index (χ1v) is 4.31. The van der Waals surface area contributed by atoms with E-state index >= 15 is 0 Å². The second-order valence-electron chi connectivity index (χ2n) is 2.38. The van der Waals surface area contributed by atoms with Crippen molar-refractivity contribution in [2.45, 2.75) is 19.3 Å². The van der Waals surface area contributed by atoms with Crippen molar-refractivity contribution in [2.24, 2.45) is 5.73 Å². The molecule has 56 valence electrons. The Morgan fingerprint density at radius 3 is 3.10 bits per heavy atom. The van der Waals surface area contributed by atoms with E-state index in [-0.39, 0.29) is 0 Å². The standard InChI is InChI=1S/C7H12N2S/c1-6(2-3-8)7-4-9-5-10-7/h4-6H,2-3,8H2,1H3. The molecule has 1 atom stereocenters. The van der Waals surface area contributed by atoms with Crippen LogP contribution in [0, 0.1) is 0 Å². The molecule has 0 saturated carbocycles. The zero-order valence-corrected chi connectivity index (χ0v) is 6.90. The molecule has 0 amide bonds. The van der Waals surface area contributed by atoms with Gasteiger partial charge in [-0.2, -0.15) is 0 Å². The SMILES string of the molecule is CC(CCN)c1cncs1. The monoisotopic (exact) mass is 156 g/mol. The summed E-state index contributed by atoms with van der Waals surface area (Å²) in [6, 6.07) is 0. The Morgan fingerprint density at radius 2 is 2.60 bits per heavy atom. The molecular formula is C7H12N2S. The Hall–Kier alpha value is -0.410. The quantitative estimate of drug-likeness (QED) is 0.722. The van der Waals surface area contributed by atoms with Gasteiger partial charge in [0, 0.05) is 11.1 Å². The molecule has 0 bridgehead atoms. The van der Waals surface area contributed by atoms with Gasteiger partial charge in [0.15, 0.2) is 0 Å². The number of hydrogen-bond acceptors (Lipinski definition) is 3. The van der Waals surface area contributed by atoms with E-state index in [0.29, 0.717) is 5.92 Å². The summed E-state index contributed by atoms with van der Waals surface area (Å²) in [7, 11) is 0. The molecule has 2 nitrogen and oxygen atoms in total. The van der Waals surface area contributed by atoms with Gasteiger partial charge in [0.25, 0.3) is 0 Å². The molecule has 3 heteroatoms. The Kier molecular flexibility index (Phi) is 2.83. The summed E-state index contributed by atoms with van der Waals surface area (Å²) in [5, 5.41) is 0. The molecule has 1 rings (SSSR count). The van der Waals surface area contributed by atoms with Crippen molar-refractivity contribution >= 4 is 11.3 Å². The molecule has 0 aliphatic rings. The van der Waals surface area contributed by atoms with Crippen molar-refractivity contribution in [3.63, 3.8) is 0 Å². The number of nitrogens with zero attached hydrogens (tertiary/aromatic N) is 1. The van der Waals surface area contributed by atoms with Crippen LogP contribution in [0.4, 0.5) is 0 Å². The third-order valence-corrected chi connectivity index (χ3v) is 2.54. The van der Waals surface area contributed by atoms with E-state index in [4.69, 9.17) is 5.73 Å². The van der Waals surface area contributed by atoms with Crippen LogP contribution in [0.25, 0.3) is 0 Å². The lowest BCUT2D eigenvalue weighted by Crippen LogP contribution is -2.03. The molecule has 0 spiro atoms. The second kappa shape index (κ2) is 3.68. The number of aromatic nitrogens is 1. The predicted molar refractivity (Wildman–Crippen MR) is 44.2 cm³/mol. The minimum absolute atomic E-state index is 0.581. The lowest BCUT2D eigenvalue weighted by atomic mass is 10.1. The van der Waals surface area contributed by atoms with E-state index in [2.05, 4.69) is 11.9 Å². The fraction of sp³-hybridized carbons (Fsp3) is 0.571. The first-order valence-electron chi connectivity index (χ1n) is 3.43. The van der Waals surface area contributed by atoms with Crippen LogP contribution in [0.15, 0.2) is 11.7 Å². The minimum atomic E-state index is 0.581. The van der Waals surface area contributed by atoms with Gasteiger partial charge in [-0.05, 0) is 18.9 Å². The summed E-state index contributed by atoms with van der Waals surface area (Å²) in [6.45, 7) is 2.94. The molecule has 0 aliphatic carbocycles. The summed E-state index contributed by atoms with van der Waals surface area (Å²) >= 11 is 1.70. The maximum atomic E-state index is 5.42. The third-order valence-electron chi connectivity index (χ3n) is 1.54. The first-order chi connectivity index (χ1) is 4.84. The van der Waals surface area contributed by atoms with Crippen molar-refractivity contribution < 1.29 is 0 Å². The highest BCUT2D eigenvalue weighted by Gasteiger charge is 2.04. The van der Waals surface area contributed by atoms with Gasteiger partial charge in [0.1, 0.15) is 0 Å². The van der Waals surface area contributed by atoms with Crippen LogP contribution in [0.2, 0.25) is 0 Å². The van der Waals surface area contributed by atoms with Crippen LogP contribution < -0.4 is 5.73 Å². The summed E-state index contributed by atoms with van der Waals surface area (Å²) in [4.78, 5) is 5.34. The predicted octanol–water partition coefficient (Wildman–Crippen LogP) is 1.60. The fourth-order valence-corrected chi connectivity index (χ4v) is 1.58. The highest BCUT2D eigenvalue weighted by molar-refractivity contribution is 7.09. The first kappa shape index (κ1) is 7.69. The van der Waals surface area contributed by atoms with Gasteiger partial charge < -0.3 is 5.73 Å². The Labute approximate surface area is 65.1 Å². The van der Waals surface area contributed by atoms with Gasteiger partial charge in [-0.25, -0.2) is 0 Å². The molecule has 1 heterocycles.